The molecule has 0 unspecified atom stereocenters. The van der Waals surface area contributed by atoms with E-state index in [0.29, 0.717) is 5.75 Å². The summed E-state index contributed by atoms with van der Waals surface area (Å²) in [4.78, 5) is 0. The molecule has 0 heterocycles. The van der Waals surface area contributed by atoms with Crippen LogP contribution in [-0.2, 0) is 11.5 Å². The summed E-state index contributed by atoms with van der Waals surface area (Å²) < 4.78 is 5.21. The highest BCUT2D eigenvalue weighted by Crippen LogP contribution is 2.32. The van der Waals surface area contributed by atoms with E-state index in [4.69, 9.17) is 4.74 Å². The van der Waals surface area contributed by atoms with Gasteiger partial charge in [0.25, 0.3) is 0 Å². The summed E-state index contributed by atoms with van der Waals surface area (Å²) in [7, 11) is 1.65. The molecule has 1 N–H and O–H groups in total. The maximum atomic E-state index is 9.99. The van der Waals surface area contributed by atoms with E-state index in [1.54, 1.807) is 30.6 Å². The van der Waals surface area contributed by atoms with Crippen LogP contribution < -0.4 is 4.74 Å². The first-order chi connectivity index (χ1) is 7.22. The van der Waals surface area contributed by atoms with Gasteiger partial charge in [0.1, 0.15) is 11.5 Å². The molecule has 0 aliphatic rings. The summed E-state index contributed by atoms with van der Waals surface area (Å²) in [5.74, 6) is 2.86. The molecule has 0 saturated carbocycles. The van der Waals surface area contributed by atoms with E-state index in [1.807, 2.05) is 24.6 Å². The third kappa shape index (κ3) is 3.24. The number of phenolic OH excluding ortho intramolecular Hbond substituents is 1. The van der Waals surface area contributed by atoms with Gasteiger partial charge in [-0.15, -0.1) is 0 Å². The van der Waals surface area contributed by atoms with Gasteiger partial charge in [0.15, 0.2) is 0 Å². The van der Waals surface area contributed by atoms with Crippen molar-refractivity contribution in [3.63, 3.8) is 0 Å². The fourth-order valence-electron chi connectivity index (χ4n) is 1.38. The molecule has 15 heavy (non-hydrogen) atoms. The molecule has 0 amide bonds. The lowest BCUT2D eigenvalue weighted by Crippen LogP contribution is -1.92. The minimum atomic E-state index is 0.416. The fraction of sp³-hybridized carbons (Fsp3) is 0.455. The molecule has 0 atom stereocenters. The second-order valence-corrected chi connectivity index (χ2v) is 4.89. The van der Waals surface area contributed by atoms with Crippen LogP contribution in [0, 0.1) is 0 Å². The Morgan fingerprint density at radius 3 is 1.93 bits per heavy atom. The van der Waals surface area contributed by atoms with Crippen LogP contribution in [-0.4, -0.2) is 24.7 Å². The molecular weight excluding hydrogens is 228 g/mol. The number of benzene rings is 1. The first-order valence-corrected chi connectivity index (χ1v) is 7.38. The van der Waals surface area contributed by atoms with Crippen LogP contribution in [0.3, 0.4) is 0 Å². The van der Waals surface area contributed by atoms with Gasteiger partial charge in [-0.25, -0.2) is 0 Å². The molecule has 0 bridgehead atoms. The Labute approximate surface area is 99.4 Å². The van der Waals surface area contributed by atoms with E-state index < -0.39 is 0 Å². The third-order valence-corrected chi connectivity index (χ3v) is 3.28. The lowest BCUT2D eigenvalue weighted by Gasteiger charge is -2.11. The van der Waals surface area contributed by atoms with Crippen LogP contribution in [0.25, 0.3) is 0 Å². The Bertz CT molecular complexity index is 299. The molecule has 1 rings (SSSR count). The van der Waals surface area contributed by atoms with Crippen LogP contribution in [0.5, 0.6) is 11.5 Å². The highest BCUT2D eigenvalue weighted by molar-refractivity contribution is 7.98. The van der Waals surface area contributed by atoms with Gasteiger partial charge in [0.2, 0.25) is 0 Å². The van der Waals surface area contributed by atoms with Crippen molar-refractivity contribution in [1.82, 2.24) is 0 Å². The second-order valence-electron chi connectivity index (χ2n) is 3.16. The lowest BCUT2D eigenvalue weighted by molar-refractivity contribution is 0.410. The topological polar surface area (TPSA) is 29.5 Å². The molecule has 1 aromatic rings. The average molecular weight is 244 g/mol. The summed E-state index contributed by atoms with van der Waals surface area (Å²) in [5, 5.41) is 9.99. The van der Waals surface area contributed by atoms with Gasteiger partial charge >= 0.3 is 0 Å². The normalized spacial score (nSPS) is 10.3. The van der Waals surface area contributed by atoms with Gasteiger partial charge < -0.3 is 9.84 Å². The third-order valence-electron chi connectivity index (χ3n) is 2.08. The molecule has 0 fully saturated rings. The van der Waals surface area contributed by atoms with Crippen molar-refractivity contribution >= 4 is 23.5 Å². The molecule has 84 valence electrons. The van der Waals surface area contributed by atoms with E-state index in [0.717, 1.165) is 28.4 Å². The lowest BCUT2D eigenvalue weighted by atomic mass is 10.1. The minimum Gasteiger partial charge on any atom is -0.507 e. The number of thioether (sulfide) groups is 2. The molecule has 0 radical (unpaired) electrons. The first-order valence-electron chi connectivity index (χ1n) is 4.59. The number of hydrogen-bond acceptors (Lipinski definition) is 4. The quantitative estimate of drug-likeness (QED) is 0.861. The van der Waals surface area contributed by atoms with Crippen molar-refractivity contribution in [3.05, 3.63) is 23.3 Å². The Kier molecular flexibility index (Phi) is 5.19. The van der Waals surface area contributed by atoms with Gasteiger partial charge in [-0.3, -0.25) is 0 Å². The number of phenols is 1. The summed E-state index contributed by atoms with van der Waals surface area (Å²) in [6.45, 7) is 0. The van der Waals surface area contributed by atoms with Gasteiger partial charge in [0, 0.05) is 22.6 Å². The standard InChI is InChI=1S/C11H16O2S2/c1-13-10-4-8(6-14-2)11(12)9(5-10)7-15-3/h4-5,12H,6-7H2,1-3H3. The molecule has 2 nitrogen and oxygen atoms in total. The highest BCUT2D eigenvalue weighted by atomic mass is 32.2. The fourth-order valence-corrected chi connectivity index (χ4v) is 2.44. The van der Waals surface area contributed by atoms with Crippen LogP contribution in [0.2, 0.25) is 0 Å². The summed E-state index contributed by atoms with van der Waals surface area (Å²) in [6.07, 6.45) is 4.04. The van der Waals surface area contributed by atoms with Crippen molar-refractivity contribution in [1.29, 1.82) is 0 Å². The van der Waals surface area contributed by atoms with Crippen molar-refractivity contribution in [2.75, 3.05) is 19.6 Å². The summed E-state index contributed by atoms with van der Waals surface area (Å²) in [6, 6.07) is 3.80. The largest absolute Gasteiger partial charge is 0.507 e. The molecular formula is C11H16O2S2. The molecule has 0 aliphatic heterocycles. The molecule has 1 aromatic carbocycles. The average Bonchev–Trinajstić information content (AvgIpc) is 2.24. The zero-order chi connectivity index (χ0) is 11.3. The molecule has 0 spiro atoms. The zero-order valence-electron chi connectivity index (χ0n) is 9.24. The van der Waals surface area contributed by atoms with Crippen LogP contribution in [0.1, 0.15) is 11.1 Å². The highest BCUT2D eigenvalue weighted by Gasteiger charge is 2.09. The van der Waals surface area contributed by atoms with Gasteiger partial charge in [-0.05, 0) is 24.6 Å². The van der Waals surface area contributed by atoms with Gasteiger partial charge in [-0.2, -0.15) is 23.5 Å². The smallest absolute Gasteiger partial charge is 0.123 e. The van der Waals surface area contributed by atoms with E-state index in [9.17, 15) is 5.11 Å². The van der Waals surface area contributed by atoms with Crippen molar-refractivity contribution in [3.8, 4) is 11.5 Å². The SMILES string of the molecule is COc1cc(CSC)c(O)c(CSC)c1. The second kappa shape index (κ2) is 6.18. The maximum Gasteiger partial charge on any atom is 0.123 e. The molecule has 0 saturated heterocycles. The molecule has 4 heteroatoms. The van der Waals surface area contributed by atoms with Crippen molar-refractivity contribution in [2.45, 2.75) is 11.5 Å². The van der Waals surface area contributed by atoms with Gasteiger partial charge in [0.05, 0.1) is 7.11 Å². The minimum absolute atomic E-state index is 0.416. The number of ether oxygens (including phenoxy) is 1. The summed E-state index contributed by atoms with van der Waals surface area (Å²) in [5.41, 5.74) is 1.90. The van der Waals surface area contributed by atoms with E-state index in [2.05, 4.69) is 0 Å². The maximum absolute atomic E-state index is 9.99. The Morgan fingerprint density at radius 2 is 1.60 bits per heavy atom. The Hall–Kier alpha value is -0.480. The van der Waals surface area contributed by atoms with Gasteiger partial charge in [-0.1, -0.05) is 0 Å². The zero-order valence-corrected chi connectivity index (χ0v) is 10.9. The Morgan fingerprint density at radius 1 is 1.13 bits per heavy atom. The first kappa shape index (κ1) is 12.6. The van der Waals surface area contributed by atoms with Crippen molar-refractivity contribution < 1.29 is 9.84 Å². The molecule has 0 aromatic heterocycles. The summed E-state index contributed by atoms with van der Waals surface area (Å²) >= 11 is 3.39. The van der Waals surface area contributed by atoms with E-state index in [1.165, 1.54) is 0 Å². The van der Waals surface area contributed by atoms with Crippen LogP contribution in [0.4, 0.5) is 0 Å². The number of aromatic hydroxyl groups is 1. The van der Waals surface area contributed by atoms with Crippen LogP contribution >= 0.6 is 23.5 Å². The van der Waals surface area contributed by atoms with Crippen LogP contribution in [0.15, 0.2) is 12.1 Å². The predicted molar refractivity (Wildman–Crippen MR) is 69.1 cm³/mol. The monoisotopic (exact) mass is 244 g/mol. The Balaban J connectivity index is 3.08. The van der Waals surface area contributed by atoms with E-state index >= 15 is 0 Å². The number of rotatable bonds is 5. The number of methoxy groups -OCH3 is 1. The number of hydrogen-bond donors (Lipinski definition) is 1. The molecule has 0 aliphatic carbocycles. The van der Waals surface area contributed by atoms with Crippen molar-refractivity contribution in [2.24, 2.45) is 0 Å². The van der Waals surface area contributed by atoms with E-state index in [-0.39, 0.29) is 0 Å². The predicted octanol–water partition coefficient (Wildman–Crippen LogP) is 3.13.